The van der Waals surface area contributed by atoms with E-state index in [2.05, 4.69) is 10.6 Å². The van der Waals surface area contributed by atoms with Gasteiger partial charge < -0.3 is 24.8 Å². The minimum atomic E-state index is -0.911. The number of benzene rings is 3. The molecule has 0 aliphatic heterocycles. The van der Waals surface area contributed by atoms with E-state index in [0.29, 0.717) is 17.0 Å². The summed E-state index contributed by atoms with van der Waals surface area (Å²) in [5, 5.41) is 5.59. The van der Waals surface area contributed by atoms with Crippen molar-refractivity contribution >= 4 is 17.7 Å². The Morgan fingerprint density at radius 1 is 0.886 bits per heavy atom. The third-order valence-electron chi connectivity index (χ3n) is 4.93. The summed E-state index contributed by atoms with van der Waals surface area (Å²) in [6.07, 6.45) is -1.45. The monoisotopic (exact) mass is 476 g/mol. The van der Waals surface area contributed by atoms with Gasteiger partial charge in [-0.05, 0) is 61.7 Å². The van der Waals surface area contributed by atoms with Crippen molar-refractivity contribution in [3.63, 3.8) is 0 Å². The highest BCUT2D eigenvalue weighted by Gasteiger charge is 2.23. The van der Waals surface area contributed by atoms with Crippen molar-refractivity contribution in [3.8, 4) is 16.9 Å². The van der Waals surface area contributed by atoms with Gasteiger partial charge in [-0.25, -0.2) is 4.79 Å². The van der Waals surface area contributed by atoms with E-state index in [1.165, 1.54) is 0 Å². The van der Waals surface area contributed by atoms with Crippen LogP contribution in [-0.4, -0.2) is 37.9 Å². The van der Waals surface area contributed by atoms with Gasteiger partial charge in [0.2, 0.25) is 0 Å². The van der Waals surface area contributed by atoms with Crippen molar-refractivity contribution in [2.45, 2.75) is 32.5 Å². The van der Waals surface area contributed by atoms with Crippen LogP contribution in [0.15, 0.2) is 78.9 Å². The highest BCUT2D eigenvalue weighted by atomic mass is 16.6. The molecule has 0 saturated heterocycles. The van der Waals surface area contributed by atoms with Crippen LogP contribution in [0.1, 0.15) is 32.4 Å². The lowest BCUT2D eigenvalue weighted by molar-refractivity contribution is -0.127. The molecule has 2 amide bonds. The zero-order chi connectivity index (χ0) is 25.3. The van der Waals surface area contributed by atoms with Gasteiger partial charge in [-0.1, -0.05) is 54.6 Å². The van der Waals surface area contributed by atoms with Gasteiger partial charge in [0.25, 0.3) is 5.91 Å². The lowest BCUT2D eigenvalue weighted by atomic mass is 10.0. The fourth-order valence-corrected chi connectivity index (χ4v) is 3.39. The Balaban J connectivity index is 1.71. The molecule has 1 unspecified atom stereocenters. The summed E-state index contributed by atoms with van der Waals surface area (Å²) in [7, 11) is 1.56. The number of nitrogens with one attached hydrogen (secondary N) is 2. The molecule has 3 aromatic rings. The van der Waals surface area contributed by atoms with E-state index < -0.39 is 17.8 Å². The first-order valence-electron chi connectivity index (χ1n) is 11.4. The highest BCUT2D eigenvalue weighted by Crippen LogP contribution is 2.26. The molecule has 35 heavy (non-hydrogen) atoms. The summed E-state index contributed by atoms with van der Waals surface area (Å²) in [5.74, 6) is 0.280. The summed E-state index contributed by atoms with van der Waals surface area (Å²) in [6, 6.07) is 24.7. The van der Waals surface area contributed by atoms with E-state index in [1.54, 1.807) is 52.1 Å². The van der Waals surface area contributed by atoms with Gasteiger partial charge in [-0.15, -0.1) is 0 Å². The maximum absolute atomic E-state index is 13.3. The molecule has 0 heterocycles. The Kier molecular flexibility index (Phi) is 8.86. The minimum absolute atomic E-state index is 0.110. The van der Waals surface area contributed by atoms with Crippen molar-refractivity contribution in [3.05, 3.63) is 84.4 Å². The van der Waals surface area contributed by atoms with Gasteiger partial charge in [0, 0.05) is 12.2 Å². The Bertz CT molecular complexity index is 1130. The maximum Gasteiger partial charge on any atom is 0.407 e. The first-order valence-corrected chi connectivity index (χ1v) is 11.4. The summed E-state index contributed by atoms with van der Waals surface area (Å²) in [6.45, 7) is 5.67. The molecule has 2 N–H and O–H groups in total. The quantitative estimate of drug-likeness (QED) is 0.394. The third kappa shape index (κ3) is 8.15. The zero-order valence-electron chi connectivity index (χ0n) is 20.5. The molecular formula is C28H32N2O5. The zero-order valence-corrected chi connectivity index (χ0v) is 20.5. The van der Waals surface area contributed by atoms with Crippen molar-refractivity contribution in [2.75, 3.05) is 25.6 Å². The van der Waals surface area contributed by atoms with E-state index in [-0.39, 0.29) is 19.1 Å². The number of amides is 2. The van der Waals surface area contributed by atoms with Crippen LogP contribution >= 0.6 is 0 Å². The number of carbonyl (C=O) groups excluding carboxylic acids is 2. The van der Waals surface area contributed by atoms with Crippen LogP contribution in [0.3, 0.4) is 0 Å². The van der Waals surface area contributed by atoms with Gasteiger partial charge in [0.05, 0.1) is 13.7 Å². The van der Waals surface area contributed by atoms with E-state index in [4.69, 9.17) is 14.2 Å². The molecule has 0 spiro atoms. The smallest absolute Gasteiger partial charge is 0.407 e. The molecule has 0 aliphatic carbocycles. The van der Waals surface area contributed by atoms with Crippen LogP contribution in [0.4, 0.5) is 10.5 Å². The van der Waals surface area contributed by atoms with E-state index in [0.717, 1.165) is 11.1 Å². The van der Waals surface area contributed by atoms with Crippen LogP contribution < -0.4 is 15.4 Å². The molecule has 0 radical (unpaired) electrons. The van der Waals surface area contributed by atoms with Crippen LogP contribution in [0.2, 0.25) is 0 Å². The van der Waals surface area contributed by atoms with E-state index in [1.807, 2.05) is 54.6 Å². The predicted molar refractivity (Wildman–Crippen MR) is 136 cm³/mol. The van der Waals surface area contributed by atoms with E-state index >= 15 is 0 Å². The molecule has 0 bridgehead atoms. The van der Waals surface area contributed by atoms with Crippen LogP contribution in [-0.2, 0) is 14.3 Å². The molecule has 7 nitrogen and oxygen atoms in total. The van der Waals surface area contributed by atoms with Gasteiger partial charge >= 0.3 is 6.09 Å². The lowest BCUT2D eigenvalue weighted by Crippen LogP contribution is -2.35. The predicted octanol–water partition coefficient (Wildman–Crippen LogP) is 5.58. The van der Waals surface area contributed by atoms with Crippen LogP contribution in [0.5, 0.6) is 5.75 Å². The second-order valence-electron chi connectivity index (χ2n) is 8.89. The first-order chi connectivity index (χ1) is 16.7. The number of ether oxygens (including phenoxy) is 3. The summed E-state index contributed by atoms with van der Waals surface area (Å²) < 4.78 is 16.5. The number of alkyl carbamates (subject to hydrolysis) is 1. The van der Waals surface area contributed by atoms with Gasteiger partial charge in [0.15, 0.2) is 6.10 Å². The Morgan fingerprint density at radius 2 is 1.60 bits per heavy atom. The second-order valence-corrected chi connectivity index (χ2v) is 8.89. The number of methoxy groups -OCH3 is 1. The Hall–Kier alpha value is -3.84. The number of anilines is 1. The van der Waals surface area contributed by atoms with Gasteiger partial charge in [0.1, 0.15) is 11.4 Å². The van der Waals surface area contributed by atoms with Gasteiger partial charge in [-0.2, -0.15) is 0 Å². The molecule has 0 aromatic heterocycles. The normalized spacial score (nSPS) is 11.9. The molecule has 0 saturated carbocycles. The van der Waals surface area contributed by atoms with Crippen molar-refractivity contribution < 1.29 is 23.8 Å². The average molecular weight is 477 g/mol. The summed E-state index contributed by atoms with van der Waals surface area (Å²) >= 11 is 0. The Labute approximate surface area is 206 Å². The minimum Gasteiger partial charge on any atom is -0.497 e. The molecule has 184 valence electrons. The summed E-state index contributed by atoms with van der Waals surface area (Å²) in [4.78, 5) is 25.2. The molecule has 0 fully saturated rings. The van der Waals surface area contributed by atoms with Crippen LogP contribution in [0, 0.1) is 0 Å². The van der Waals surface area contributed by atoms with Crippen molar-refractivity contribution in [1.82, 2.24) is 5.32 Å². The Morgan fingerprint density at radius 3 is 2.31 bits per heavy atom. The number of hydrogen-bond donors (Lipinski definition) is 2. The summed E-state index contributed by atoms with van der Waals surface area (Å²) in [5.41, 5.74) is 2.74. The van der Waals surface area contributed by atoms with Crippen molar-refractivity contribution in [2.24, 2.45) is 0 Å². The van der Waals surface area contributed by atoms with E-state index in [9.17, 15) is 9.59 Å². The SMILES string of the molecule is COc1cccc(C(OCCNC(=O)OC(C)(C)C)C(=O)Nc2cccc(-c3ccccc3)c2)c1. The third-order valence-corrected chi connectivity index (χ3v) is 4.93. The molecule has 0 aliphatic rings. The standard InChI is InChI=1S/C28H32N2O5/c1-28(2,3)35-27(32)29-16-17-34-25(22-13-9-15-24(19-22)33-4)26(31)30-23-14-8-12-21(18-23)20-10-6-5-7-11-20/h5-15,18-19,25H,16-17H2,1-4H3,(H,29,32)(H,30,31). The number of rotatable bonds is 9. The average Bonchev–Trinajstić information content (AvgIpc) is 2.83. The second kappa shape index (κ2) is 12.0. The number of hydrogen-bond acceptors (Lipinski definition) is 5. The topological polar surface area (TPSA) is 85.9 Å². The molecule has 3 rings (SSSR count). The van der Waals surface area contributed by atoms with Crippen LogP contribution in [0.25, 0.3) is 11.1 Å². The molecule has 7 heteroatoms. The fraction of sp³-hybridized carbons (Fsp3) is 0.286. The van der Waals surface area contributed by atoms with Gasteiger partial charge in [-0.3, -0.25) is 4.79 Å². The molecule has 3 aromatic carbocycles. The maximum atomic E-state index is 13.3. The lowest BCUT2D eigenvalue weighted by Gasteiger charge is -2.21. The number of carbonyl (C=O) groups is 2. The first kappa shape index (κ1) is 25.8. The largest absolute Gasteiger partial charge is 0.497 e. The highest BCUT2D eigenvalue weighted by molar-refractivity contribution is 5.95. The molecular weight excluding hydrogens is 444 g/mol. The fourth-order valence-electron chi connectivity index (χ4n) is 3.39. The van der Waals surface area contributed by atoms with Crippen molar-refractivity contribution in [1.29, 1.82) is 0 Å². The molecule has 1 atom stereocenters.